The topological polar surface area (TPSA) is 88.1 Å². The van der Waals surface area contributed by atoms with Gasteiger partial charge in [-0.05, 0) is 74.2 Å². The number of carbonyl (C=O) groups excluding carboxylic acids is 2. The normalized spacial score (nSPS) is 19.3. The van der Waals surface area contributed by atoms with Crippen molar-refractivity contribution in [2.75, 3.05) is 13.2 Å². The van der Waals surface area contributed by atoms with Crippen LogP contribution in [-0.4, -0.2) is 53.8 Å². The lowest BCUT2D eigenvalue weighted by Crippen LogP contribution is -2.48. The molecule has 0 bridgehead atoms. The number of benzene rings is 2. The molecule has 2 atom stereocenters. The van der Waals surface area contributed by atoms with Crippen molar-refractivity contribution in [2.45, 2.75) is 70.4 Å². The number of carbonyl (C=O) groups is 2. The monoisotopic (exact) mass is 584 g/mol. The van der Waals surface area contributed by atoms with Crippen LogP contribution in [0.15, 0.2) is 54.6 Å². The molecule has 0 aliphatic carbocycles. The maximum atomic E-state index is 13.3. The Morgan fingerprint density at radius 3 is 2.29 bits per heavy atom. The molecule has 1 aliphatic rings. The molecule has 7 nitrogen and oxygen atoms in total. The van der Waals surface area contributed by atoms with E-state index in [-0.39, 0.29) is 37.0 Å². The standard InChI is InChI=1S/C29H33F5N2O5/c1-5-8-19-17-21(28(39,24(30)31)29(32,33)34)11-14-23(19)40-16-7-6-15-36-25(37)27(4,35-26(36)38)20-9-12-22(13-10-20)41-18(2)3/h6-7,9-14,17-18,24,39H,5,8,15-16H2,1-4H3,(H,35,38)/b7-6+. The fraction of sp³-hybridized carbons (Fsp3) is 0.448. The summed E-state index contributed by atoms with van der Waals surface area (Å²) in [5.74, 6) is 0.333. The Kier molecular flexibility index (Phi) is 9.68. The van der Waals surface area contributed by atoms with Crippen LogP contribution in [0.2, 0.25) is 0 Å². The van der Waals surface area contributed by atoms with Crippen LogP contribution in [0.5, 0.6) is 11.5 Å². The minimum Gasteiger partial charge on any atom is -0.491 e. The number of amides is 3. The molecule has 2 N–H and O–H groups in total. The summed E-state index contributed by atoms with van der Waals surface area (Å²) < 4.78 is 77.7. The summed E-state index contributed by atoms with van der Waals surface area (Å²) in [7, 11) is 0. The summed E-state index contributed by atoms with van der Waals surface area (Å²) in [6.45, 7) is 6.99. The van der Waals surface area contributed by atoms with Gasteiger partial charge in [0.15, 0.2) is 0 Å². The van der Waals surface area contributed by atoms with E-state index in [1.165, 1.54) is 12.2 Å². The first-order valence-corrected chi connectivity index (χ1v) is 13.0. The molecular formula is C29H33F5N2O5. The number of ether oxygens (including phenoxy) is 2. The number of imide groups is 1. The predicted molar refractivity (Wildman–Crippen MR) is 141 cm³/mol. The zero-order chi connectivity index (χ0) is 30.6. The second-order valence-corrected chi connectivity index (χ2v) is 10.1. The highest BCUT2D eigenvalue weighted by molar-refractivity contribution is 6.07. The van der Waals surface area contributed by atoms with E-state index in [2.05, 4.69) is 5.32 Å². The molecule has 0 saturated carbocycles. The van der Waals surface area contributed by atoms with Crippen molar-refractivity contribution in [1.29, 1.82) is 0 Å². The third-order valence-corrected chi connectivity index (χ3v) is 6.64. The molecule has 1 fully saturated rings. The van der Waals surface area contributed by atoms with Crippen molar-refractivity contribution in [1.82, 2.24) is 10.2 Å². The number of hydrogen-bond donors (Lipinski definition) is 2. The van der Waals surface area contributed by atoms with E-state index >= 15 is 0 Å². The van der Waals surface area contributed by atoms with Crippen LogP contribution in [0.1, 0.15) is 50.8 Å². The van der Waals surface area contributed by atoms with Crippen LogP contribution in [-0.2, 0) is 22.4 Å². The summed E-state index contributed by atoms with van der Waals surface area (Å²) in [6.07, 6.45) is -5.95. The average molecular weight is 585 g/mol. The lowest BCUT2D eigenvalue weighted by Gasteiger charge is -2.30. The third-order valence-electron chi connectivity index (χ3n) is 6.64. The van der Waals surface area contributed by atoms with Gasteiger partial charge in [-0.3, -0.25) is 9.69 Å². The van der Waals surface area contributed by atoms with E-state index in [9.17, 15) is 36.6 Å². The lowest BCUT2D eigenvalue weighted by molar-refractivity contribution is -0.305. The van der Waals surface area contributed by atoms with E-state index in [4.69, 9.17) is 9.47 Å². The highest BCUT2D eigenvalue weighted by atomic mass is 19.4. The van der Waals surface area contributed by atoms with E-state index < -0.39 is 41.2 Å². The molecule has 2 aromatic carbocycles. The van der Waals surface area contributed by atoms with Crippen molar-refractivity contribution in [3.63, 3.8) is 0 Å². The molecule has 3 amide bonds. The largest absolute Gasteiger partial charge is 0.491 e. The fourth-order valence-corrected chi connectivity index (χ4v) is 4.42. The SMILES string of the molecule is CCCc1cc(C(O)(C(F)F)C(F)(F)F)ccc1OC/C=C/CN1C(=O)NC(C)(c2ccc(OC(C)C)cc2)C1=O. The third kappa shape index (κ3) is 6.64. The van der Waals surface area contributed by atoms with Gasteiger partial charge in [0, 0.05) is 6.54 Å². The van der Waals surface area contributed by atoms with E-state index in [1.807, 2.05) is 13.8 Å². The summed E-state index contributed by atoms with van der Waals surface area (Å²) in [5.41, 5.74) is -5.76. The van der Waals surface area contributed by atoms with Gasteiger partial charge in [-0.25, -0.2) is 13.6 Å². The summed E-state index contributed by atoms with van der Waals surface area (Å²) in [6, 6.07) is 9.01. The second kappa shape index (κ2) is 12.5. The zero-order valence-electron chi connectivity index (χ0n) is 23.1. The molecule has 224 valence electrons. The van der Waals surface area contributed by atoms with Gasteiger partial charge in [-0.1, -0.05) is 37.6 Å². The Labute approximate surface area is 234 Å². The maximum Gasteiger partial charge on any atom is 0.427 e. The summed E-state index contributed by atoms with van der Waals surface area (Å²) >= 11 is 0. The smallest absolute Gasteiger partial charge is 0.427 e. The maximum absolute atomic E-state index is 13.3. The highest BCUT2D eigenvalue weighted by Crippen LogP contribution is 2.44. The number of urea groups is 1. The number of rotatable bonds is 12. The first-order valence-electron chi connectivity index (χ1n) is 13.0. The van der Waals surface area contributed by atoms with Crippen LogP contribution < -0.4 is 14.8 Å². The molecule has 0 spiro atoms. The average Bonchev–Trinajstić information content (AvgIpc) is 3.11. The summed E-state index contributed by atoms with van der Waals surface area (Å²) in [4.78, 5) is 26.7. The first-order chi connectivity index (χ1) is 19.1. The van der Waals surface area contributed by atoms with Crippen molar-refractivity contribution in [3.8, 4) is 11.5 Å². The van der Waals surface area contributed by atoms with Gasteiger partial charge in [0.2, 0.25) is 5.60 Å². The summed E-state index contributed by atoms with van der Waals surface area (Å²) in [5, 5.41) is 12.5. The molecule has 0 aromatic heterocycles. The van der Waals surface area contributed by atoms with E-state index in [0.717, 1.165) is 23.1 Å². The molecule has 0 radical (unpaired) electrons. The minimum atomic E-state index is -5.59. The lowest BCUT2D eigenvalue weighted by atomic mass is 9.91. The van der Waals surface area contributed by atoms with Crippen molar-refractivity contribution in [3.05, 3.63) is 71.3 Å². The Balaban J connectivity index is 1.66. The highest BCUT2D eigenvalue weighted by Gasteiger charge is 2.61. The van der Waals surface area contributed by atoms with Crippen molar-refractivity contribution < 1.29 is 46.1 Å². The number of halogens is 5. The van der Waals surface area contributed by atoms with Gasteiger partial charge in [0.25, 0.3) is 12.3 Å². The van der Waals surface area contributed by atoms with Crippen LogP contribution >= 0.6 is 0 Å². The van der Waals surface area contributed by atoms with Gasteiger partial charge < -0.3 is 19.9 Å². The number of nitrogens with one attached hydrogen (secondary N) is 1. The molecule has 1 aliphatic heterocycles. The molecule has 2 unspecified atom stereocenters. The van der Waals surface area contributed by atoms with Crippen molar-refractivity contribution >= 4 is 11.9 Å². The molecule has 3 rings (SSSR count). The molecule has 2 aromatic rings. The Hall–Kier alpha value is -3.67. The van der Waals surface area contributed by atoms with Crippen LogP contribution in [0.25, 0.3) is 0 Å². The number of aryl methyl sites for hydroxylation is 1. The molecule has 12 heteroatoms. The minimum absolute atomic E-state index is 0.0204. The van der Waals surface area contributed by atoms with Crippen LogP contribution in [0, 0.1) is 0 Å². The van der Waals surface area contributed by atoms with Gasteiger partial charge in [0.05, 0.1) is 6.10 Å². The van der Waals surface area contributed by atoms with E-state index in [1.54, 1.807) is 38.1 Å². The molecule has 1 heterocycles. The first kappa shape index (κ1) is 31.9. The molecular weight excluding hydrogens is 551 g/mol. The van der Waals surface area contributed by atoms with Crippen molar-refractivity contribution in [2.24, 2.45) is 0 Å². The number of alkyl halides is 5. The molecule has 41 heavy (non-hydrogen) atoms. The second-order valence-electron chi connectivity index (χ2n) is 10.1. The number of aliphatic hydroxyl groups is 1. The van der Waals surface area contributed by atoms with Gasteiger partial charge in [0.1, 0.15) is 23.6 Å². The van der Waals surface area contributed by atoms with Gasteiger partial charge in [-0.15, -0.1) is 0 Å². The van der Waals surface area contributed by atoms with E-state index in [0.29, 0.717) is 17.7 Å². The Bertz CT molecular complexity index is 1270. The Morgan fingerprint density at radius 1 is 1.07 bits per heavy atom. The zero-order valence-corrected chi connectivity index (χ0v) is 23.1. The predicted octanol–water partition coefficient (Wildman–Crippen LogP) is 5.84. The Morgan fingerprint density at radius 2 is 1.73 bits per heavy atom. The van der Waals surface area contributed by atoms with Crippen LogP contribution in [0.4, 0.5) is 26.7 Å². The number of hydrogen-bond acceptors (Lipinski definition) is 5. The van der Waals surface area contributed by atoms with Gasteiger partial charge in [-0.2, -0.15) is 13.2 Å². The van der Waals surface area contributed by atoms with Crippen LogP contribution in [0.3, 0.4) is 0 Å². The fourth-order valence-electron chi connectivity index (χ4n) is 4.42. The molecule has 1 saturated heterocycles. The quantitative estimate of drug-likeness (QED) is 0.186. The number of nitrogens with zero attached hydrogens (tertiary/aromatic N) is 1. The van der Waals surface area contributed by atoms with Gasteiger partial charge >= 0.3 is 12.2 Å².